The molecule has 164 valence electrons. The molecule has 2 amide bonds. The predicted molar refractivity (Wildman–Crippen MR) is 118 cm³/mol. The second kappa shape index (κ2) is 7.99. The summed E-state index contributed by atoms with van der Waals surface area (Å²) < 4.78 is 5.39. The van der Waals surface area contributed by atoms with Crippen molar-refractivity contribution < 1.29 is 14.3 Å². The van der Waals surface area contributed by atoms with Crippen LogP contribution in [-0.4, -0.2) is 46.4 Å². The number of ether oxygens (including phenoxy) is 1. The summed E-state index contributed by atoms with van der Waals surface area (Å²) in [5.41, 5.74) is 6.42. The Kier molecular flexibility index (Phi) is 5.01. The van der Waals surface area contributed by atoms with Gasteiger partial charge in [0.1, 0.15) is 6.10 Å². The van der Waals surface area contributed by atoms with E-state index in [2.05, 4.69) is 20.5 Å². The van der Waals surface area contributed by atoms with Gasteiger partial charge in [-0.2, -0.15) is 5.10 Å². The van der Waals surface area contributed by atoms with Gasteiger partial charge in [0.2, 0.25) is 11.5 Å². The molecule has 0 saturated carbocycles. The van der Waals surface area contributed by atoms with Gasteiger partial charge in [0, 0.05) is 41.6 Å². The molecule has 9 nitrogen and oxygen atoms in total. The highest BCUT2D eigenvalue weighted by molar-refractivity contribution is 5.91. The molecule has 0 radical (unpaired) electrons. The van der Waals surface area contributed by atoms with Gasteiger partial charge in [0.15, 0.2) is 0 Å². The Labute approximate surface area is 183 Å². The van der Waals surface area contributed by atoms with Gasteiger partial charge in [-0.3, -0.25) is 19.6 Å². The molecule has 1 fully saturated rings. The summed E-state index contributed by atoms with van der Waals surface area (Å²) in [5.74, 6) is -0.153. The molecule has 0 spiro atoms. The van der Waals surface area contributed by atoms with E-state index in [1.54, 1.807) is 17.2 Å². The van der Waals surface area contributed by atoms with Crippen LogP contribution in [0.3, 0.4) is 0 Å². The van der Waals surface area contributed by atoms with Crippen LogP contribution in [0.2, 0.25) is 0 Å². The third kappa shape index (κ3) is 3.66. The van der Waals surface area contributed by atoms with Crippen LogP contribution in [0, 0.1) is 0 Å². The van der Waals surface area contributed by atoms with Crippen LogP contribution < -0.4 is 15.8 Å². The first kappa shape index (κ1) is 20.0. The second-order valence-corrected chi connectivity index (χ2v) is 8.12. The number of aromatic nitrogens is 3. The first-order valence-corrected chi connectivity index (χ1v) is 10.6. The fourth-order valence-electron chi connectivity index (χ4n) is 4.41. The van der Waals surface area contributed by atoms with Crippen LogP contribution in [0.1, 0.15) is 24.5 Å². The molecule has 1 aliphatic heterocycles. The van der Waals surface area contributed by atoms with E-state index in [-0.39, 0.29) is 17.6 Å². The number of H-pyrrole nitrogens is 2. The average molecular weight is 433 g/mol. The summed E-state index contributed by atoms with van der Waals surface area (Å²) in [7, 11) is 0. The van der Waals surface area contributed by atoms with Gasteiger partial charge in [-0.15, -0.1) is 0 Å². The zero-order valence-corrected chi connectivity index (χ0v) is 17.6. The third-order valence-electron chi connectivity index (χ3n) is 5.91. The largest absolute Gasteiger partial charge is 0.442 e. The van der Waals surface area contributed by atoms with Crippen molar-refractivity contribution in [2.75, 3.05) is 18.0 Å². The Morgan fingerprint density at radius 3 is 2.94 bits per heavy atom. The number of fused-ring (bicyclic) bond motifs is 3. The molecular formula is C23H23N5O4. The van der Waals surface area contributed by atoms with E-state index >= 15 is 0 Å². The number of aryl methyl sites for hydroxylation is 1. The zero-order chi connectivity index (χ0) is 22.2. The van der Waals surface area contributed by atoms with E-state index in [1.165, 1.54) is 6.92 Å². The number of hydrogen-bond acceptors (Lipinski definition) is 5. The molecular weight excluding hydrogens is 410 g/mol. The van der Waals surface area contributed by atoms with Crippen molar-refractivity contribution >= 4 is 17.7 Å². The summed E-state index contributed by atoms with van der Waals surface area (Å²) in [6, 6.07) is 9.35. The number of cyclic esters (lactones) is 1. The first-order chi connectivity index (χ1) is 15.5. The van der Waals surface area contributed by atoms with Crippen LogP contribution >= 0.6 is 0 Å². The molecule has 9 heteroatoms. The van der Waals surface area contributed by atoms with Gasteiger partial charge in [-0.25, -0.2) is 4.79 Å². The Morgan fingerprint density at radius 2 is 2.12 bits per heavy atom. The summed E-state index contributed by atoms with van der Waals surface area (Å²) in [6.07, 6.45) is 3.47. The summed E-state index contributed by atoms with van der Waals surface area (Å²) in [6.45, 7) is 2.12. The fraction of sp³-hybridized carbons (Fsp3) is 0.304. The Morgan fingerprint density at radius 1 is 1.25 bits per heavy atom. The molecule has 3 heterocycles. The predicted octanol–water partition coefficient (Wildman–Crippen LogP) is 2.38. The smallest absolute Gasteiger partial charge is 0.414 e. The maximum Gasteiger partial charge on any atom is 0.414 e. The average Bonchev–Trinajstić information content (AvgIpc) is 3.31. The highest BCUT2D eigenvalue weighted by Gasteiger charge is 2.33. The minimum absolute atomic E-state index is 0.153. The molecule has 1 unspecified atom stereocenters. The van der Waals surface area contributed by atoms with Crippen molar-refractivity contribution in [1.29, 1.82) is 0 Å². The van der Waals surface area contributed by atoms with Crippen molar-refractivity contribution in [1.82, 2.24) is 20.5 Å². The summed E-state index contributed by atoms with van der Waals surface area (Å²) in [4.78, 5) is 39.5. The number of nitrogens with zero attached hydrogens (tertiary/aromatic N) is 2. The number of nitrogens with one attached hydrogen (secondary N) is 3. The Hall–Kier alpha value is -3.88. The molecule has 1 saturated heterocycles. The maximum absolute atomic E-state index is 12.4. The van der Waals surface area contributed by atoms with E-state index in [0.717, 1.165) is 58.6 Å². The van der Waals surface area contributed by atoms with Crippen LogP contribution in [0.25, 0.3) is 22.5 Å². The minimum Gasteiger partial charge on any atom is -0.442 e. The molecule has 32 heavy (non-hydrogen) atoms. The molecule has 2 aliphatic rings. The van der Waals surface area contributed by atoms with E-state index in [4.69, 9.17) is 4.74 Å². The number of carbonyl (C=O) groups excluding carboxylic acids is 2. The van der Waals surface area contributed by atoms with E-state index in [9.17, 15) is 14.4 Å². The fourth-order valence-corrected chi connectivity index (χ4v) is 4.41. The van der Waals surface area contributed by atoms with Crippen molar-refractivity contribution in [3.8, 4) is 22.5 Å². The SMILES string of the molecule is CC(=O)NCC1CN(c2ccc3c(c2)CCCc2c(-c4cc[nH]c(=O)c4)n[nH]c2-3)C(=O)O1. The quantitative estimate of drug-likeness (QED) is 0.584. The van der Waals surface area contributed by atoms with Gasteiger partial charge in [-0.05, 0) is 43.0 Å². The lowest BCUT2D eigenvalue weighted by Gasteiger charge is -2.16. The second-order valence-electron chi connectivity index (χ2n) is 8.12. The molecule has 1 aliphatic carbocycles. The molecule has 1 aromatic carbocycles. The molecule has 2 aromatic heterocycles. The number of anilines is 1. The van der Waals surface area contributed by atoms with Crippen LogP contribution in [0.4, 0.5) is 10.5 Å². The van der Waals surface area contributed by atoms with Gasteiger partial charge in [0.25, 0.3) is 0 Å². The number of benzene rings is 1. The highest BCUT2D eigenvalue weighted by atomic mass is 16.6. The summed E-state index contributed by atoms with van der Waals surface area (Å²) in [5, 5.41) is 10.4. The standard InChI is InChI=1S/C23H23N5O4/c1-13(29)25-11-17-12-28(23(31)32-17)16-5-6-18-14(9-16)3-2-4-19-21(26-27-22(18)19)15-7-8-24-20(30)10-15/h5-10,17H,2-4,11-12H2,1H3,(H,24,30)(H,25,29)(H,26,27). The van der Waals surface area contributed by atoms with E-state index < -0.39 is 6.09 Å². The van der Waals surface area contributed by atoms with E-state index in [0.29, 0.717) is 13.1 Å². The number of aromatic amines is 2. The number of pyridine rings is 1. The van der Waals surface area contributed by atoms with Crippen molar-refractivity contribution in [2.24, 2.45) is 0 Å². The number of carbonyl (C=O) groups is 2. The summed E-state index contributed by atoms with van der Waals surface area (Å²) >= 11 is 0. The topological polar surface area (TPSA) is 120 Å². The lowest BCUT2D eigenvalue weighted by Crippen LogP contribution is -2.33. The van der Waals surface area contributed by atoms with Gasteiger partial charge < -0.3 is 15.0 Å². The van der Waals surface area contributed by atoms with Crippen molar-refractivity contribution in [3.63, 3.8) is 0 Å². The number of rotatable bonds is 4. The lowest BCUT2D eigenvalue weighted by molar-refractivity contribution is -0.119. The number of amides is 2. The van der Waals surface area contributed by atoms with Crippen molar-refractivity contribution in [2.45, 2.75) is 32.3 Å². The zero-order valence-electron chi connectivity index (χ0n) is 17.6. The molecule has 0 bridgehead atoms. The first-order valence-electron chi connectivity index (χ1n) is 10.6. The molecule has 3 aromatic rings. The lowest BCUT2D eigenvalue weighted by atomic mass is 9.99. The Bertz CT molecular complexity index is 1260. The van der Waals surface area contributed by atoms with E-state index in [1.807, 2.05) is 24.3 Å². The van der Waals surface area contributed by atoms with Crippen LogP contribution in [-0.2, 0) is 22.4 Å². The third-order valence-corrected chi connectivity index (χ3v) is 5.91. The molecule has 3 N–H and O–H groups in total. The van der Waals surface area contributed by atoms with Gasteiger partial charge in [-0.1, -0.05) is 6.07 Å². The maximum atomic E-state index is 12.4. The van der Waals surface area contributed by atoms with Gasteiger partial charge in [0.05, 0.1) is 24.5 Å². The molecule has 1 atom stereocenters. The van der Waals surface area contributed by atoms with Gasteiger partial charge >= 0.3 is 6.09 Å². The van der Waals surface area contributed by atoms with Crippen molar-refractivity contribution in [3.05, 3.63) is 58.0 Å². The minimum atomic E-state index is -0.410. The highest BCUT2D eigenvalue weighted by Crippen LogP contribution is 2.37. The normalized spacial score (nSPS) is 17.3. The van der Waals surface area contributed by atoms with Crippen LogP contribution in [0.5, 0.6) is 0 Å². The van der Waals surface area contributed by atoms with Crippen LogP contribution in [0.15, 0.2) is 41.3 Å². The number of hydrogen-bond donors (Lipinski definition) is 3. The Balaban J connectivity index is 1.45. The molecule has 5 rings (SSSR count). The monoisotopic (exact) mass is 433 g/mol.